The average molecular weight is 321 g/mol. The van der Waals surface area contributed by atoms with E-state index in [9.17, 15) is 9.18 Å². The van der Waals surface area contributed by atoms with Crippen molar-refractivity contribution >= 4 is 34.6 Å². The molecule has 0 bridgehead atoms. The van der Waals surface area contributed by atoms with Crippen LogP contribution in [0.1, 0.15) is 13.8 Å². The fourth-order valence-electron chi connectivity index (χ4n) is 2.38. The molecule has 114 valence electrons. The summed E-state index contributed by atoms with van der Waals surface area (Å²) in [6.45, 7) is 3.24. The number of nitrogens with two attached hydrogens (primary N) is 1. The molecule has 0 fully saturated rings. The fourth-order valence-corrected chi connectivity index (χ4v) is 2.54. The van der Waals surface area contributed by atoms with Gasteiger partial charge in [0, 0.05) is 6.07 Å². The zero-order valence-corrected chi connectivity index (χ0v) is 12.8. The molecule has 0 radical (unpaired) electrons. The summed E-state index contributed by atoms with van der Waals surface area (Å²) in [4.78, 5) is 14.0. The molecular weight excluding hydrogens is 307 g/mol. The Morgan fingerprint density at radius 3 is 2.59 bits per heavy atom. The number of para-hydroxylation sites is 1. The third-order valence-electron chi connectivity index (χ3n) is 3.50. The highest BCUT2D eigenvalue weighted by Crippen LogP contribution is 2.45. The van der Waals surface area contributed by atoms with Gasteiger partial charge in [-0.1, -0.05) is 23.7 Å². The number of carbonyl (C=O) groups excluding carboxylic acids is 1. The Morgan fingerprint density at radius 2 is 1.91 bits per heavy atom. The Labute approximate surface area is 132 Å². The highest BCUT2D eigenvalue weighted by atomic mass is 35.5. The van der Waals surface area contributed by atoms with E-state index in [2.05, 4.69) is 0 Å². The topological polar surface area (TPSA) is 55.6 Å². The maximum atomic E-state index is 14.2. The van der Waals surface area contributed by atoms with E-state index in [1.54, 1.807) is 32.0 Å². The number of anilines is 3. The summed E-state index contributed by atoms with van der Waals surface area (Å²) in [5.74, 6) is -0.506. The third-order valence-corrected chi connectivity index (χ3v) is 3.82. The first-order chi connectivity index (χ1) is 10.3. The first-order valence-electron chi connectivity index (χ1n) is 6.68. The van der Waals surface area contributed by atoms with Crippen LogP contribution in [0.15, 0.2) is 36.4 Å². The van der Waals surface area contributed by atoms with Crippen LogP contribution in [0.5, 0.6) is 5.75 Å². The lowest BCUT2D eigenvalue weighted by atomic mass is 10.0. The van der Waals surface area contributed by atoms with Crippen LogP contribution in [-0.4, -0.2) is 11.5 Å². The predicted molar refractivity (Wildman–Crippen MR) is 84.1 cm³/mol. The van der Waals surface area contributed by atoms with Gasteiger partial charge in [-0.25, -0.2) is 4.39 Å². The van der Waals surface area contributed by atoms with Crippen LogP contribution >= 0.6 is 11.6 Å². The molecule has 4 nitrogen and oxygen atoms in total. The van der Waals surface area contributed by atoms with Gasteiger partial charge >= 0.3 is 0 Å². The summed E-state index contributed by atoms with van der Waals surface area (Å²) in [6.07, 6.45) is 0. The lowest BCUT2D eigenvalue weighted by molar-refractivity contribution is -0.131. The summed E-state index contributed by atoms with van der Waals surface area (Å²) in [5.41, 5.74) is 5.49. The Morgan fingerprint density at radius 1 is 1.23 bits per heavy atom. The Hall–Kier alpha value is -2.27. The van der Waals surface area contributed by atoms with Gasteiger partial charge in [-0.05, 0) is 32.0 Å². The third kappa shape index (κ3) is 2.18. The molecule has 1 aliphatic heterocycles. The summed E-state index contributed by atoms with van der Waals surface area (Å²) < 4.78 is 19.9. The van der Waals surface area contributed by atoms with Gasteiger partial charge in [0.2, 0.25) is 0 Å². The number of nitrogen functional groups attached to an aromatic ring is 1. The molecule has 0 unspecified atom stereocenters. The van der Waals surface area contributed by atoms with Gasteiger partial charge in [-0.2, -0.15) is 0 Å². The van der Waals surface area contributed by atoms with E-state index in [-0.39, 0.29) is 16.6 Å². The monoisotopic (exact) mass is 320 g/mol. The van der Waals surface area contributed by atoms with Gasteiger partial charge in [0.25, 0.3) is 5.91 Å². The lowest BCUT2D eigenvalue weighted by Crippen LogP contribution is -2.50. The first-order valence-corrected chi connectivity index (χ1v) is 7.06. The maximum Gasteiger partial charge on any atom is 0.275 e. The van der Waals surface area contributed by atoms with Crippen LogP contribution in [0.4, 0.5) is 21.5 Å². The number of nitrogens with zero attached hydrogens (tertiary/aromatic N) is 1. The molecule has 2 aromatic rings. The molecule has 0 saturated carbocycles. The van der Waals surface area contributed by atoms with Crippen LogP contribution < -0.4 is 15.4 Å². The smallest absolute Gasteiger partial charge is 0.275 e. The molecule has 1 amide bonds. The van der Waals surface area contributed by atoms with E-state index in [4.69, 9.17) is 22.1 Å². The Balaban J connectivity index is 2.27. The second kappa shape index (κ2) is 4.88. The molecule has 0 aliphatic carbocycles. The number of amides is 1. The summed E-state index contributed by atoms with van der Waals surface area (Å²) >= 11 is 6.04. The summed E-state index contributed by atoms with van der Waals surface area (Å²) in [6, 6.07) is 9.09. The molecule has 22 heavy (non-hydrogen) atoms. The van der Waals surface area contributed by atoms with E-state index in [1.165, 1.54) is 23.1 Å². The first kappa shape index (κ1) is 14.7. The quantitative estimate of drug-likeness (QED) is 0.811. The molecule has 0 aromatic heterocycles. The van der Waals surface area contributed by atoms with Gasteiger partial charge in [-0.15, -0.1) is 0 Å². The van der Waals surface area contributed by atoms with E-state index >= 15 is 0 Å². The molecule has 1 heterocycles. The van der Waals surface area contributed by atoms with E-state index in [0.717, 1.165) is 0 Å². The van der Waals surface area contributed by atoms with E-state index in [1.807, 2.05) is 0 Å². The molecular formula is C16H14ClFN2O2. The molecule has 6 heteroatoms. The predicted octanol–water partition coefficient (Wildman–Crippen LogP) is 3.90. The number of hydrogen-bond acceptors (Lipinski definition) is 3. The normalized spacial score (nSPS) is 16.2. The number of rotatable bonds is 1. The molecule has 2 N–H and O–H groups in total. The number of ether oxygens (including phenoxy) is 1. The van der Waals surface area contributed by atoms with Crippen LogP contribution in [0.3, 0.4) is 0 Å². The zero-order chi connectivity index (χ0) is 16.1. The maximum absolute atomic E-state index is 14.2. The molecule has 2 aromatic carbocycles. The van der Waals surface area contributed by atoms with Crippen LogP contribution in [0, 0.1) is 5.82 Å². The van der Waals surface area contributed by atoms with Crippen LogP contribution in [-0.2, 0) is 4.79 Å². The number of fused-ring (bicyclic) bond motifs is 1. The molecule has 0 atom stereocenters. The minimum atomic E-state index is -1.14. The second-order valence-corrected chi connectivity index (χ2v) is 5.95. The lowest BCUT2D eigenvalue weighted by Gasteiger charge is -2.39. The molecule has 0 saturated heterocycles. The molecule has 0 spiro atoms. The highest BCUT2D eigenvalue weighted by molar-refractivity contribution is 6.33. The van der Waals surface area contributed by atoms with Crippen LogP contribution in [0.25, 0.3) is 0 Å². The number of halogens is 2. The highest BCUT2D eigenvalue weighted by Gasteiger charge is 2.42. The van der Waals surface area contributed by atoms with E-state index in [0.29, 0.717) is 17.1 Å². The van der Waals surface area contributed by atoms with Crippen molar-refractivity contribution in [1.29, 1.82) is 0 Å². The zero-order valence-electron chi connectivity index (χ0n) is 12.1. The summed E-state index contributed by atoms with van der Waals surface area (Å²) in [7, 11) is 0. The van der Waals surface area contributed by atoms with Crippen molar-refractivity contribution in [2.75, 3.05) is 10.6 Å². The van der Waals surface area contributed by atoms with Crippen molar-refractivity contribution in [2.24, 2.45) is 0 Å². The SMILES string of the molecule is CC1(C)Oc2cc(N)c(Cl)cc2N(c2ccccc2F)C1=O. The Bertz CT molecular complexity index is 777. The minimum Gasteiger partial charge on any atom is -0.476 e. The van der Waals surface area contributed by atoms with Crippen molar-refractivity contribution in [3.05, 3.63) is 47.2 Å². The van der Waals surface area contributed by atoms with Crippen molar-refractivity contribution < 1.29 is 13.9 Å². The number of benzene rings is 2. The minimum absolute atomic E-state index is 0.144. The van der Waals surface area contributed by atoms with Gasteiger partial charge in [0.05, 0.1) is 22.1 Å². The van der Waals surface area contributed by atoms with E-state index < -0.39 is 11.4 Å². The second-order valence-electron chi connectivity index (χ2n) is 5.55. The Kier molecular flexibility index (Phi) is 3.25. The molecule has 3 rings (SSSR count). The van der Waals surface area contributed by atoms with Gasteiger partial charge in [0.15, 0.2) is 5.60 Å². The van der Waals surface area contributed by atoms with Crippen molar-refractivity contribution in [2.45, 2.75) is 19.4 Å². The standard InChI is InChI=1S/C16H14ClFN2O2/c1-16(2)15(21)20(12-6-4-3-5-10(12)18)13-7-9(17)11(19)8-14(13)22-16/h3-8H,19H2,1-2H3. The van der Waals surface area contributed by atoms with Crippen LogP contribution in [0.2, 0.25) is 5.02 Å². The number of hydrogen-bond donors (Lipinski definition) is 1. The van der Waals surface area contributed by atoms with Gasteiger partial charge in [-0.3, -0.25) is 9.69 Å². The van der Waals surface area contributed by atoms with Crippen molar-refractivity contribution in [3.8, 4) is 5.75 Å². The van der Waals surface area contributed by atoms with Gasteiger partial charge < -0.3 is 10.5 Å². The van der Waals surface area contributed by atoms with Crippen molar-refractivity contribution in [1.82, 2.24) is 0 Å². The average Bonchev–Trinajstić information content (AvgIpc) is 2.44. The largest absolute Gasteiger partial charge is 0.476 e. The number of carbonyl (C=O) groups is 1. The summed E-state index contributed by atoms with van der Waals surface area (Å²) in [5, 5.41) is 0.274. The fraction of sp³-hybridized carbons (Fsp3) is 0.188. The van der Waals surface area contributed by atoms with Crippen molar-refractivity contribution in [3.63, 3.8) is 0 Å². The van der Waals surface area contributed by atoms with Gasteiger partial charge in [0.1, 0.15) is 11.6 Å². The molecule has 1 aliphatic rings.